The van der Waals surface area contributed by atoms with Gasteiger partial charge in [-0.1, -0.05) is 32.0 Å². The van der Waals surface area contributed by atoms with Gasteiger partial charge in [0.05, 0.1) is 13.2 Å². The lowest BCUT2D eigenvalue weighted by atomic mass is 9.89. The molecule has 0 fully saturated rings. The smallest absolute Gasteiger partial charge is 0.320 e. The molecule has 0 saturated heterocycles. The average Bonchev–Trinajstić information content (AvgIpc) is 2.47. The van der Waals surface area contributed by atoms with Crippen LogP contribution >= 0.6 is 0 Å². The molecule has 1 rings (SSSR count). The molecule has 1 aromatic carbocycles. The van der Waals surface area contributed by atoms with Crippen molar-refractivity contribution in [3.8, 4) is 0 Å². The summed E-state index contributed by atoms with van der Waals surface area (Å²) >= 11 is 0. The van der Waals surface area contributed by atoms with Gasteiger partial charge in [-0.05, 0) is 56.2 Å². The fourth-order valence-electron chi connectivity index (χ4n) is 2.62. The van der Waals surface area contributed by atoms with E-state index in [1.54, 1.807) is 13.8 Å². The van der Waals surface area contributed by atoms with Crippen molar-refractivity contribution in [2.24, 2.45) is 11.8 Å². The molecule has 4 nitrogen and oxygen atoms in total. The molecule has 0 atom stereocenters. The van der Waals surface area contributed by atoms with Gasteiger partial charge < -0.3 is 9.47 Å². The first-order valence-electron chi connectivity index (χ1n) is 8.31. The summed E-state index contributed by atoms with van der Waals surface area (Å²) in [4.78, 5) is 24.3. The van der Waals surface area contributed by atoms with Gasteiger partial charge in [0.25, 0.3) is 0 Å². The van der Waals surface area contributed by atoms with Crippen molar-refractivity contribution < 1.29 is 19.1 Å². The van der Waals surface area contributed by atoms with Crippen molar-refractivity contribution in [3.05, 3.63) is 34.9 Å². The summed E-state index contributed by atoms with van der Waals surface area (Å²) in [6.45, 7) is 10.3. The highest BCUT2D eigenvalue weighted by Crippen LogP contribution is 2.22. The van der Waals surface area contributed by atoms with E-state index in [0.29, 0.717) is 12.3 Å². The van der Waals surface area contributed by atoms with Crippen molar-refractivity contribution in [3.63, 3.8) is 0 Å². The van der Waals surface area contributed by atoms with Crippen LogP contribution < -0.4 is 0 Å². The van der Waals surface area contributed by atoms with Gasteiger partial charge in [-0.3, -0.25) is 9.59 Å². The Hall–Kier alpha value is -1.84. The predicted octanol–water partition coefficient (Wildman–Crippen LogP) is 3.48. The molecule has 1 aromatic rings. The third-order valence-corrected chi connectivity index (χ3v) is 3.69. The minimum atomic E-state index is -0.900. The second-order valence-electron chi connectivity index (χ2n) is 6.07. The van der Waals surface area contributed by atoms with E-state index in [9.17, 15) is 9.59 Å². The van der Waals surface area contributed by atoms with Crippen LogP contribution in [0.4, 0.5) is 0 Å². The Morgan fingerprint density at radius 1 is 1.00 bits per heavy atom. The highest BCUT2D eigenvalue weighted by atomic mass is 16.6. The molecular formula is C19H28O4. The minimum absolute atomic E-state index is 0.251. The number of esters is 2. The molecule has 0 bridgehead atoms. The van der Waals surface area contributed by atoms with Crippen LogP contribution in [0.15, 0.2) is 18.2 Å². The molecule has 0 aliphatic heterocycles. The first-order chi connectivity index (χ1) is 10.9. The van der Waals surface area contributed by atoms with E-state index in [2.05, 4.69) is 26.8 Å². The summed E-state index contributed by atoms with van der Waals surface area (Å²) in [5.41, 5.74) is 3.41. The zero-order valence-electron chi connectivity index (χ0n) is 14.8. The number of carbonyl (C=O) groups excluding carboxylic acids is 2. The van der Waals surface area contributed by atoms with Crippen molar-refractivity contribution in [1.82, 2.24) is 0 Å². The molecule has 0 heterocycles. The van der Waals surface area contributed by atoms with Gasteiger partial charge in [-0.2, -0.15) is 0 Å². The van der Waals surface area contributed by atoms with Crippen molar-refractivity contribution >= 4 is 11.9 Å². The molecule has 4 heteroatoms. The van der Waals surface area contributed by atoms with Crippen LogP contribution in [-0.2, 0) is 31.9 Å². The van der Waals surface area contributed by atoms with E-state index in [1.165, 1.54) is 11.1 Å². The lowest BCUT2D eigenvalue weighted by molar-refractivity contribution is -0.161. The largest absolute Gasteiger partial charge is 0.465 e. The molecule has 0 aliphatic rings. The number of ether oxygens (including phenoxy) is 2. The molecule has 0 aliphatic carbocycles. The minimum Gasteiger partial charge on any atom is -0.465 e. The molecular weight excluding hydrogens is 292 g/mol. The zero-order valence-corrected chi connectivity index (χ0v) is 14.8. The molecule has 0 amide bonds. The Bertz CT molecular complexity index is 516. The normalized spacial score (nSPS) is 10.9. The number of hydrogen-bond donors (Lipinski definition) is 0. The Balaban J connectivity index is 3.10. The third kappa shape index (κ3) is 5.70. The number of carbonyl (C=O) groups is 2. The SMILES string of the molecule is CCOC(=O)C(Cc1cccc(C)c1CC(C)C)C(=O)OCC. The first-order valence-corrected chi connectivity index (χ1v) is 8.31. The van der Waals surface area contributed by atoms with E-state index < -0.39 is 17.9 Å². The summed E-state index contributed by atoms with van der Waals surface area (Å²) in [6.07, 6.45) is 1.24. The van der Waals surface area contributed by atoms with Crippen molar-refractivity contribution in [2.45, 2.75) is 47.5 Å². The Morgan fingerprint density at radius 3 is 2.04 bits per heavy atom. The second kappa shape index (κ2) is 9.33. The lowest BCUT2D eigenvalue weighted by Gasteiger charge is -2.19. The molecule has 128 valence electrons. The quantitative estimate of drug-likeness (QED) is 0.543. The van der Waals surface area contributed by atoms with Gasteiger partial charge in [0.2, 0.25) is 0 Å². The van der Waals surface area contributed by atoms with Crippen LogP contribution in [0.2, 0.25) is 0 Å². The number of benzene rings is 1. The predicted molar refractivity (Wildman–Crippen MR) is 90.2 cm³/mol. The summed E-state index contributed by atoms with van der Waals surface area (Å²) in [5, 5.41) is 0. The van der Waals surface area contributed by atoms with Crippen LogP contribution in [0.1, 0.15) is 44.4 Å². The highest BCUT2D eigenvalue weighted by Gasteiger charge is 2.30. The van der Waals surface area contributed by atoms with Gasteiger partial charge in [0, 0.05) is 0 Å². The van der Waals surface area contributed by atoms with Gasteiger partial charge in [-0.15, -0.1) is 0 Å². The maximum absolute atomic E-state index is 12.2. The fourth-order valence-corrected chi connectivity index (χ4v) is 2.62. The number of hydrogen-bond acceptors (Lipinski definition) is 4. The molecule has 23 heavy (non-hydrogen) atoms. The maximum atomic E-state index is 12.2. The molecule has 0 aromatic heterocycles. The van der Waals surface area contributed by atoms with E-state index >= 15 is 0 Å². The van der Waals surface area contributed by atoms with Gasteiger partial charge in [-0.25, -0.2) is 0 Å². The first kappa shape index (κ1) is 19.2. The zero-order chi connectivity index (χ0) is 17.4. The molecule has 0 spiro atoms. The van der Waals surface area contributed by atoms with Gasteiger partial charge >= 0.3 is 11.9 Å². The highest BCUT2D eigenvalue weighted by molar-refractivity contribution is 5.95. The average molecular weight is 320 g/mol. The standard InChI is InChI=1S/C19H28O4/c1-6-22-18(20)17(19(21)23-7-2)12-15-10-8-9-14(5)16(15)11-13(3)4/h8-10,13,17H,6-7,11-12H2,1-5H3. The molecule has 0 radical (unpaired) electrons. The Labute approximate surface area is 139 Å². The van der Waals surface area contributed by atoms with E-state index in [4.69, 9.17) is 9.47 Å². The van der Waals surface area contributed by atoms with Crippen LogP contribution in [-0.4, -0.2) is 25.2 Å². The van der Waals surface area contributed by atoms with Gasteiger partial charge in [0.15, 0.2) is 5.92 Å². The van der Waals surface area contributed by atoms with Gasteiger partial charge in [0.1, 0.15) is 0 Å². The van der Waals surface area contributed by atoms with Crippen LogP contribution in [0.3, 0.4) is 0 Å². The van der Waals surface area contributed by atoms with E-state index in [-0.39, 0.29) is 13.2 Å². The van der Waals surface area contributed by atoms with Crippen LogP contribution in [0.5, 0.6) is 0 Å². The number of aryl methyl sites for hydroxylation is 1. The Morgan fingerprint density at radius 2 is 1.57 bits per heavy atom. The summed E-state index contributed by atoms with van der Waals surface area (Å²) < 4.78 is 10.1. The summed E-state index contributed by atoms with van der Waals surface area (Å²) in [5.74, 6) is -1.42. The third-order valence-electron chi connectivity index (χ3n) is 3.69. The summed E-state index contributed by atoms with van der Waals surface area (Å²) in [6, 6.07) is 6.00. The van der Waals surface area contributed by atoms with Crippen LogP contribution in [0, 0.1) is 18.8 Å². The molecule has 0 N–H and O–H groups in total. The maximum Gasteiger partial charge on any atom is 0.320 e. The van der Waals surface area contributed by atoms with Crippen molar-refractivity contribution in [2.75, 3.05) is 13.2 Å². The fraction of sp³-hybridized carbons (Fsp3) is 0.579. The molecule has 0 saturated carbocycles. The van der Waals surface area contributed by atoms with E-state index in [1.807, 2.05) is 12.1 Å². The number of rotatable bonds is 8. The Kier molecular flexibility index (Phi) is 7.79. The topological polar surface area (TPSA) is 52.6 Å². The summed E-state index contributed by atoms with van der Waals surface area (Å²) in [7, 11) is 0. The molecule has 0 unspecified atom stereocenters. The van der Waals surface area contributed by atoms with Crippen molar-refractivity contribution in [1.29, 1.82) is 0 Å². The second-order valence-corrected chi connectivity index (χ2v) is 6.07. The van der Waals surface area contributed by atoms with Crippen LogP contribution in [0.25, 0.3) is 0 Å². The monoisotopic (exact) mass is 320 g/mol. The lowest BCUT2D eigenvalue weighted by Crippen LogP contribution is -2.30. The van der Waals surface area contributed by atoms with E-state index in [0.717, 1.165) is 12.0 Å².